The molecular weight excluding hydrogens is 294 g/mol. The molecule has 0 atom stereocenters. The van der Waals surface area contributed by atoms with Crippen molar-refractivity contribution in [2.45, 2.75) is 6.92 Å². The van der Waals surface area contributed by atoms with Crippen molar-refractivity contribution in [1.29, 1.82) is 0 Å². The first-order valence-corrected chi connectivity index (χ1v) is 7.83. The Balaban J connectivity index is 3.02. The van der Waals surface area contributed by atoms with Gasteiger partial charge in [0.15, 0.2) is 14.9 Å². The van der Waals surface area contributed by atoms with E-state index in [0.29, 0.717) is 0 Å². The Kier molecular flexibility index (Phi) is 3.17. The van der Waals surface area contributed by atoms with Crippen molar-refractivity contribution in [1.82, 2.24) is 0 Å². The van der Waals surface area contributed by atoms with Gasteiger partial charge in [0.25, 0.3) is 0 Å². The fourth-order valence-corrected chi connectivity index (χ4v) is 4.39. The molecule has 0 fully saturated rings. The number of halogens is 1. The Bertz CT molecular complexity index is 500. The molecule has 0 aromatic heterocycles. The first kappa shape index (κ1) is 11.9. The van der Waals surface area contributed by atoms with Gasteiger partial charge in [-0.15, -0.1) is 0 Å². The molecule has 0 radical (unpaired) electrons. The molecule has 8 heteroatoms. The number of sulfone groups is 2. The molecule has 1 aliphatic rings. The molecule has 0 N–H and O–H groups in total. The number of hydrogen-bond donors (Lipinski definition) is 0. The summed E-state index contributed by atoms with van der Waals surface area (Å²) in [5.41, 5.74) is 0. The molecule has 0 amide bonds. The summed E-state index contributed by atoms with van der Waals surface area (Å²) in [5, 5.41) is 0.583. The summed E-state index contributed by atoms with van der Waals surface area (Å²) in [6.07, 6.45) is 0. The largest absolute Gasteiger partial charge is 0.232 e. The minimum absolute atomic E-state index is 0.0981. The lowest BCUT2D eigenvalue weighted by atomic mass is 10.8. The number of nitrogens with zero attached hydrogens (tertiary/aromatic N) is 1. The molecule has 1 rings (SSSR count). The third kappa shape index (κ3) is 2.64. The van der Waals surface area contributed by atoms with Gasteiger partial charge in [0, 0.05) is 5.75 Å². The van der Waals surface area contributed by atoms with Crippen LogP contribution >= 0.6 is 15.9 Å². The fraction of sp³-hybridized carbons (Fsp3) is 0.500. The molecule has 5 nitrogen and oxygen atoms in total. The van der Waals surface area contributed by atoms with Crippen molar-refractivity contribution in [2.24, 2.45) is 4.99 Å². The molecule has 1 heterocycles. The molecule has 0 spiro atoms. The molecule has 0 unspecified atom stereocenters. The monoisotopic (exact) mass is 301 g/mol. The van der Waals surface area contributed by atoms with Crippen molar-refractivity contribution >= 4 is 40.6 Å². The highest BCUT2D eigenvalue weighted by molar-refractivity contribution is 9.11. The molecule has 0 bridgehead atoms. The lowest BCUT2D eigenvalue weighted by Gasteiger charge is -1.99. The summed E-state index contributed by atoms with van der Waals surface area (Å²) in [6.45, 7) is 1.46. The third-order valence-electron chi connectivity index (χ3n) is 1.60. The third-order valence-corrected chi connectivity index (χ3v) is 5.51. The second kappa shape index (κ2) is 3.74. The Morgan fingerprint density at radius 1 is 1.50 bits per heavy atom. The minimum atomic E-state index is -3.62. The van der Waals surface area contributed by atoms with Crippen LogP contribution in [0.4, 0.5) is 0 Å². The first-order chi connectivity index (χ1) is 6.27. The minimum Gasteiger partial charge on any atom is -0.232 e. The van der Waals surface area contributed by atoms with E-state index in [0.717, 1.165) is 5.41 Å². The maximum Gasteiger partial charge on any atom is 0.216 e. The molecule has 0 aliphatic carbocycles. The topological polar surface area (TPSA) is 80.6 Å². The summed E-state index contributed by atoms with van der Waals surface area (Å²) in [4.78, 5) is 3.60. The van der Waals surface area contributed by atoms with Gasteiger partial charge in [-0.3, -0.25) is 0 Å². The van der Waals surface area contributed by atoms with E-state index >= 15 is 0 Å². The van der Waals surface area contributed by atoms with Crippen LogP contribution in [0, 0.1) is 0 Å². The summed E-state index contributed by atoms with van der Waals surface area (Å²) in [5.74, 6) is -0.628. The van der Waals surface area contributed by atoms with Crippen LogP contribution in [0.25, 0.3) is 0 Å². The van der Waals surface area contributed by atoms with E-state index < -0.39 is 25.4 Å². The van der Waals surface area contributed by atoms with Crippen molar-refractivity contribution in [3.8, 4) is 0 Å². The van der Waals surface area contributed by atoms with Gasteiger partial charge in [0.05, 0.1) is 5.41 Å². The summed E-state index contributed by atoms with van der Waals surface area (Å²) in [6, 6.07) is 0. The van der Waals surface area contributed by atoms with Crippen LogP contribution in [0.3, 0.4) is 0 Å². The van der Waals surface area contributed by atoms with Gasteiger partial charge < -0.3 is 0 Å². The second-order valence-electron chi connectivity index (χ2n) is 2.67. The highest BCUT2D eigenvalue weighted by Gasteiger charge is 2.27. The predicted octanol–water partition coefficient (Wildman–Crippen LogP) is 0.442. The van der Waals surface area contributed by atoms with Crippen molar-refractivity contribution in [2.75, 3.05) is 11.5 Å². The second-order valence-corrected chi connectivity index (χ2v) is 7.63. The van der Waals surface area contributed by atoms with Gasteiger partial charge in [-0.1, -0.05) is 6.92 Å². The summed E-state index contributed by atoms with van der Waals surface area (Å²) >= 11 is 2.88. The van der Waals surface area contributed by atoms with Crippen LogP contribution in [0.15, 0.2) is 15.0 Å². The van der Waals surface area contributed by atoms with Crippen LogP contribution in [-0.4, -0.2) is 33.4 Å². The van der Waals surface area contributed by atoms with E-state index in [9.17, 15) is 16.8 Å². The van der Waals surface area contributed by atoms with Gasteiger partial charge >= 0.3 is 0 Å². The van der Waals surface area contributed by atoms with Crippen LogP contribution < -0.4 is 0 Å². The fourth-order valence-electron chi connectivity index (χ4n) is 0.810. The van der Waals surface area contributed by atoms with E-state index in [-0.39, 0.29) is 15.4 Å². The maximum absolute atomic E-state index is 11.3. The van der Waals surface area contributed by atoms with Gasteiger partial charge in [0.2, 0.25) is 9.84 Å². The number of aliphatic imine (C=N–C) groups is 1. The van der Waals surface area contributed by atoms with E-state index in [4.69, 9.17) is 0 Å². The molecular formula is C6H8BrNO4S2. The highest BCUT2D eigenvalue weighted by atomic mass is 79.9. The Hall–Kier alpha value is -0.210. The van der Waals surface area contributed by atoms with E-state index in [1.165, 1.54) is 6.92 Å². The van der Waals surface area contributed by atoms with Crippen molar-refractivity contribution in [3.63, 3.8) is 0 Å². The van der Waals surface area contributed by atoms with Gasteiger partial charge in [-0.05, 0) is 15.9 Å². The first-order valence-electron chi connectivity index (χ1n) is 3.67. The molecule has 80 valence electrons. The van der Waals surface area contributed by atoms with Gasteiger partial charge in [-0.2, -0.15) is 0 Å². The van der Waals surface area contributed by atoms with Crippen molar-refractivity contribution < 1.29 is 16.8 Å². The molecule has 0 saturated heterocycles. The zero-order valence-corrected chi connectivity index (χ0v) is 10.5. The number of rotatable bonds is 3. The van der Waals surface area contributed by atoms with E-state index in [2.05, 4.69) is 20.9 Å². The maximum atomic E-state index is 11.3. The van der Waals surface area contributed by atoms with Gasteiger partial charge in [0.1, 0.15) is 10.4 Å². The summed E-state index contributed by atoms with van der Waals surface area (Å²) in [7, 11) is -6.98. The van der Waals surface area contributed by atoms with Crippen LogP contribution in [0.5, 0.6) is 0 Å². The molecule has 0 aromatic carbocycles. The zero-order chi connectivity index (χ0) is 11.0. The highest BCUT2D eigenvalue weighted by Crippen LogP contribution is 2.20. The Morgan fingerprint density at radius 2 is 2.07 bits per heavy atom. The average molecular weight is 302 g/mol. The zero-order valence-electron chi connectivity index (χ0n) is 7.27. The smallest absolute Gasteiger partial charge is 0.216 e. The SMILES string of the molecule is CCS(=O)(=O)CC1=NC(Br)=CS1(=O)=O. The Labute approximate surface area is 90.9 Å². The van der Waals surface area contributed by atoms with Gasteiger partial charge in [-0.25, -0.2) is 21.8 Å². The van der Waals surface area contributed by atoms with E-state index in [1.54, 1.807) is 0 Å². The molecule has 0 saturated carbocycles. The predicted molar refractivity (Wildman–Crippen MR) is 57.7 cm³/mol. The lowest BCUT2D eigenvalue weighted by Crippen LogP contribution is -2.22. The molecule has 0 aromatic rings. The van der Waals surface area contributed by atoms with Crippen LogP contribution in [0.1, 0.15) is 6.92 Å². The standard InChI is InChI=1S/C6H8BrNO4S2/c1-2-13(9,10)4-6-8-5(7)3-14(6,11)12/h3H,2,4H2,1H3. The van der Waals surface area contributed by atoms with Crippen LogP contribution in [0.2, 0.25) is 0 Å². The average Bonchev–Trinajstić information content (AvgIpc) is 2.24. The normalized spacial score (nSPS) is 20.4. The van der Waals surface area contributed by atoms with Crippen molar-refractivity contribution in [3.05, 3.63) is 10.0 Å². The quantitative estimate of drug-likeness (QED) is 0.709. The number of hydrogen-bond acceptors (Lipinski definition) is 5. The molecule has 1 aliphatic heterocycles. The lowest BCUT2D eigenvalue weighted by molar-refractivity contribution is 0.599. The van der Waals surface area contributed by atoms with E-state index in [1.807, 2.05) is 0 Å². The summed E-state index contributed by atoms with van der Waals surface area (Å²) < 4.78 is 45.0. The molecule has 14 heavy (non-hydrogen) atoms. The Morgan fingerprint density at radius 3 is 2.43 bits per heavy atom. The van der Waals surface area contributed by atoms with Crippen LogP contribution in [-0.2, 0) is 19.7 Å².